The average Bonchev–Trinajstić information content (AvgIpc) is 2.30. The molecule has 1 aromatic rings. The molecule has 3 heteroatoms. The van der Waals surface area contributed by atoms with E-state index >= 15 is 0 Å². The second-order valence-corrected chi connectivity index (χ2v) is 3.87. The molecule has 0 aliphatic carbocycles. The maximum atomic E-state index is 6.17. The molecule has 0 spiro atoms. The molecule has 2 N–H and O–H groups in total. The van der Waals surface area contributed by atoms with Crippen molar-refractivity contribution in [2.24, 2.45) is 5.73 Å². The van der Waals surface area contributed by atoms with Gasteiger partial charge in [0.15, 0.2) is 0 Å². The van der Waals surface area contributed by atoms with Crippen molar-refractivity contribution in [3.8, 4) is 0 Å². The highest BCUT2D eigenvalue weighted by molar-refractivity contribution is 5.29. The van der Waals surface area contributed by atoms with E-state index < -0.39 is 0 Å². The fraction of sp³-hybridized carbons (Fsp3) is 0.500. The number of nitrogens with two attached hydrogens (primary N) is 1. The number of aryl methyl sites for hydroxylation is 1. The molecule has 0 saturated carbocycles. The molecule has 1 aliphatic heterocycles. The Morgan fingerprint density at radius 3 is 2.80 bits per heavy atom. The van der Waals surface area contributed by atoms with Crippen molar-refractivity contribution in [1.29, 1.82) is 0 Å². The lowest BCUT2D eigenvalue weighted by atomic mass is 9.98. The molecule has 1 aromatic carbocycles. The molecule has 0 radical (unpaired) electrons. The van der Waals surface area contributed by atoms with E-state index in [-0.39, 0.29) is 12.1 Å². The van der Waals surface area contributed by atoms with Crippen LogP contribution in [0.3, 0.4) is 0 Å². The molecule has 15 heavy (non-hydrogen) atoms. The highest BCUT2D eigenvalue weighted by Crippen LogP contribution is 2.21. The van der Waals surface area contributed by atoms with Gasteiger partial charge in [0.2, 0.25) is 0 Å². The molecular formula is C12H17NO2. The van der Waals surface area contributed by atoms with E-state index in [4.69, 9.17) is 15.2 Å². The van der Waals surface area contributed by atoms with Gasteiger partial charge >= 0.3 is 0 Å². The Hall–Kier alpha value is -0.900. The molecule has 2 atom stereocenters. The maximum Gasteiger partial charge on any atom is 0.100 e. The third-order valence-electron chi connectivity index (χ3n) is 2.79. The summed E-state index contributed by atoms with van der Waals surface area (Å²) in [6.07, 6.45) is -0.0140. The number of benzene rings is 1. The topological polar surface area (TPSA) is 44.5 Å². The first-order valence-electron chi connectivity index (χ1n) is 5.29. The lowest BCUT2D eigenvalue weighted by Gasteiger charge is -2.28. The van der Waals surface area contributed by atoms with Crippen molar-refractivity contribution >= 4 is 0 Å². The summed E-state index contributed by atoms with van der Waals surface area (Å²) in [6, 6.07) is 8.05. The van der Waals surface area contributed by atoms with Crippen LogP contribution in [0.25, 0.3) is 0 Å². The van der Waals surface area contributed by atoms with Gasteiger partial charge in [-0.2, -0.15) is 0 Å². The zero-order valence-corrected chi connectivity index (χ0v) is 8.98. The predicted molar refractivity (Wildman–Crippen MR) is 58.7 cm³/mol. The van der Waals surface area contributed by atoms with Crippen molar-refractivity contribution in [3.63, 3.8) is 0 Å². The molecular weight excluding hydrogens is 190 g/mol. The summed E-state index contributed by atoms with van der Waals surface area (Å²) in [7, 11) is 0. The van der Waals surface area contributed by atoms with Crippen LogP contribution in [0.15, 0.2) is 24.3 Å². The van der Waals surface area contributed by atoms with Crippen LogP contribution < -0.4 is 5.73 Å². The first-order chi connectivity index (χ1) is 7.29. The van der Waals surface area contributed by atoms with Gasteiger partial charge in [-0.3, -0.25) is 0 Å². The standard InChI is InChI=1S/C12H17NO2/c1-9-4-2-3-5-10(9)12(13)11-8-14-6-7-15-11/h2-5,11-12H,6-8,13H2,1H3. The Labute approximate surface area is 90.2 Å². The molecule has 0 amide bonds. The monoisotopic (exact) mass is 207 g/mol. The van der Waals surface area contributed by atoms with Crippen LogP contribution in [0.2, 0.25) is 0 Å². The minimum Gasteiger partial charge on any atom is -0.376 e. The molecule has 0 aromatic heterocycles. The molecule has 0 bridgehead atoms. The first kappa shape index (κ1) is 10.6. The van der Waals surface area contributed by atoms with Gasteiger partial charge in [0, 0.05) is 0 Å². The van der Waals surface area contributed by atoms with Gasteiger partial charge in [-0.1, -0.05) is 24.3 Å². The van der Waals surface area contributed by atoms with E-state index in [0.717, 1.165) is 5.56 Å². The fourth-order valence-corrected chi connectivity index (χ4v) is 1.87. The first-order valence-corrected chi connectivity index (χ1v) is 5.29. The zero-order valence-electron chi connectivity index (χ0n) is 8.98. The average molecular weight is 207 g/mol. The van der Waals surface area contributed by atoms with Crippen LogP contribution in [0.4, 0.5) is 0 Å². The van der Waals surface area contributed by atoms with Crippen LogP contribution in [0, 0.1) is 6.92 Å². The number of ether oxygens (including phenoxy) is 2. The van der Waals surface area contributed by atoms with Crippen LogP contribution in [-0.4, -0.2) is 25.9 Å². The molecule has 3 nitrogen and oxygen atoms in total. The predicted octanol–water partition coefficient (Wildman–Crippen LogP) is 1.41. The van der Waals surface area contributed by atoms with Crippen LogP contribution in [0.5, 0.6) is 0 Å². The summed E-state index contributed by atoms with van der Waals surface area (Å²) in [4.78, 5) is 0. The Kier molecular flexibility index (Phi) is 3.36. The quantitative estimate of drug-likeness (QED) is 0.797. The van der Waals surface area contributed by atoms with E-state index in [0.29, 0.717) is 19.8 Å². The summed E-state index contributed by atoms with van der Waals surface area (Å²) in [5.74, 6) is 0. The Balaban J connectivity index is 2.12. The molecule has 1 heterocycles. The smallest absolute Gasteiger partial charge is 0.100 e. The minimum atomic E-state index is -0.0912. The van der Waals surface area contributed by atoms with Crippen molar-refractivity contribution in [3.05, 3.63) is 35.4 Å². The van der Waals surface area contributed by atoms with Gasteiger partial charge in [-0.05, 0) is 18.1 Å². The summed E-state index contributed by atoms with van der Waals surface area (Å²) in [5, 5.41) is 0. The van der Waals surface area contributed by atoms with Crippen molar-refractivity contribution in [2.75, 3.05) is 19.8 Å². The summed E-state index contributed by atoms with van der Waals surface area (Å²) < 4.78 is 11.0. The molecule has 82 valence electrons. The number of rotatable bonds is 2. The van der Waals surface area contributed by atoms with E-state index in [1.807, 2.05) is 12.1 Å². The summed E-state index contributed by atoms with van der Waals surface area (Å²) in [5.41, 5.74) is 8.52. The third kappa shape index (κ3) is 2.37. The molecule has 1 aliphatic rings. The summed E-state index contributed by atoms with van der Waals surface area (Å²) >= 11 is 0. The number of hydrogen-bond acceptors (Lipinski definition) is 3. The molecule has 2 unspecified atom stereocenters. The Morgan fingerprint density at radius 1 is 1.33 bits per heavy atom. The number of hydrogen-bond donors (Lipinski definition) is 1. The largest absolute Gasteiger partial charge is 0.376 e. The summed E-state index contributed by atoms with van der Waals surface area (Å²) in [6.45, 7) is 3.98. The van der Waals surface area contributed by atoms with Gasteiger partial charge in [-0.25, -0.2) is 0 Å². The lowest BCUT2D eigenvalue weighted by molar-refractivity contribution is -0.0976. The van der Waals surface area contributed by atoms with E-state index in [2.05, 4.69) is 19.1 Å². The second kappa shape index (κ2) is 4.75. The highest BCUT2D eigenvalue weighted by atomic mass is 16.6. The van der Waals surface area contributed by atoms with E-state index in [1.54, 1.807) is 0 Å². The lowest BCUT2D eigenvalue weighted by Crippen LogP contribution is -2.38. The van der Waals surface area contributed by atoms with Gasteiger partial charge in [0.25, 0.3) is 0 Å². The maximum absolute atomic E-state index is 6.17. The van der Waals surface area contributed by atoms with Crippen LogP contribution in [-0.2, 0) is 9.47 Å². The molecule has 2 rings (SSSR count). The van der Waals surface area contributed by atoms with Crippen molar-refractivity contribution < 1.29 is 9.47 Å². The second-order valence-electron chi connectivity index (χ2n) is 3.87. The molecule has 1 fully saturated rings. The third-order valence-corrected chi connectivity index (χ3v) is 2.79. The SMILES string of the molecule is Cc1ccccc1C(N)C1COCCO1. The van der Waals surface area contributed by atoms with Gasteiger partial charge in [-0.15, -0.1) is 0 Å². The highest BCUT2D eigenvalue weighted by Gasteiger charge is 2.23. The normalized spacial score (nSPS) is 23.7. The van der Waals surface area contributed by atoms with E-state index in [1.165, 1.54) is 5.56 Å². The van der Waals surface area contributed by atoms with Crippen LogP contribution >= 0.6 is 0 Å². The van der Waals surface area contributed by atoms with E-state index in [9.17, 15) is 0 Å². The Bertz CT molecular complexity index is 321. The molecule has 1 saturated heterocycles. The Morgan fingerprint density at radius 2 is 2.13 bits per heavy atom. The van der Waals surface area contributed by atoms with Gasteiger partial charge in [0.05, 0.1) is 25.9 Å². The van der Waals surface area contributed by atoms with Crippen molar-refractivity contribution in [1.82, 2.24) is 0 Å². The van der Waals surface area contributed by atoms with Gasteiger partial charge in [0.1, 0.15) is 6.10 Å². The zero-order chi connectivity index (χ0) is 10.7. The minimum absolute atomic E-state index is 0.0140. The van der Waals surface area contributed by atoms with Gasteiger partial charge < -0.3 is 15.2 Å². The fourth-order valence-electron chi connectivity index (χ4n) is 1.87. The van der Waals surface area contributed by atoms with Crippen molar-refractivity contribution in [2.45, 2.75) is 19.1 Å². The van der Waals surface area contributed by atoms with Crippen LogP contribution in [0.1, 0.15) is 17.2 Å².